The number of hydrogen-bond donors (Lipinski definition) is 1. The van der Waals surface area contributed by atoms with E-state index in [0.717, 1.165) is 49.5 Å². The largest absolute Gasteiger partial charge is 0.356 e. The summed E-state index contributed by atoms with van der Waals surface area (Å²) in [5.74, 6) is 0.628. The molecule has 2 heterocycles. The number of amides is 1. The van der Waals surface area contributed by atoms with Crippen molar-refractivity contribution in [3.05, 3.63) is 64.9 Å². The van der Waals surface area contributed by atoms with Gasteiger partial charge in [-0.1, -0.05) is 29.8 Å². The van der Waals surface area contributed by atoms with Crippen LogP contribution in [0.5, 0.6) is 0 Å². The van der Waals surface area contributed by atoms with Crippen molar-refractivity contribution in [2.45, 2.75) is 38.3 Å². The number of aromatic nitrogens is 1. The molecule has 3 rings (SSSR count). The van der Waals surface area contributed by atoms with Crippen LogP contribution in [-0.2, 0) is 17.8 Å². The van der Waals surface area contributed by atoms with Gasteiger partial charge in [0.05, 0.1) is 0 Å². The molecule has 1 aliphatic rings. The monoisotopic (exact) mass is 428 g/mol. The lowest BCUT2D eigenvalue weighted by molar-refractivity contribution is -0.121. The third kappa shape index (κ3) is 7.08. The molecule has 6 heteroatoms. The molecule has 1 saturated heterocycles. The number of carbonyl (C=O) groups is 1. The Bertz CT molecular complexity index is 799. The smallest absolute Gasteiger partial charge is 0.220 e. The average molecular weight is 429 g/mol. The fourth-order valence-electron chi connectivity index (χ4n) is 4.40. The van der Waals surface area contributed by atoms with Gasteiger partial charge in [0, 0.05) is 49.5 Å². The van der Waals surface area contributed by atoms with Crippen LogP contribution >= 0.6 is 11.6 Å². The van der Waals surface area contributed by atoms with E-state index in [-0.39, 0.29) is 5.91 Å². The van der Waals surface area contributed by atoms with Gasteiger partial charge in [0.25, 0.3) is 0 Å². The van der Waals surface area contributed by atoms with Gasteiger partial charge in [-0.15, -0.1) is 0 Å². The predicted octanol–water partition coefficient (Wildman–Crippen LogP) is 3.63. The van der Waals surface area contributed by atoms with Gasteiger partial charge < -0.3 is 10.2 Å². The van der Waals surface area contributed by atoms with Crippen molar-refractivity contribution < 1.29 is 4.79 Å². The minimum absolute atomic E-state index is 0.138. The zero-order valence-electron chi connectivity index (χ0n) is 18.1. The van der Waals surface area contributed by atoms with Crippen LogP contribution in [0.2, 0.25) is 5.02 Å². The van der Waals surface area contributed by atoms with E-state index in [1.165, 1.54) is 5.56 Å². The first-order chi connectivity index (χ1) is 14.5. The second-order valence-corrected chi connectivity index (χ2v) is 8.88. The van der Waals surface area contributed by atoms with Crippen molar-refractivity contribution in [3.8, 4) is 0 Å². The van der Waals surface area contributed by atoms with E-state index >= 15 is 0 Å². The molecule has 0 spiro atoms. The van der Waals surface area contributed by atoms with Crippen LogP contribution in [0, 0.1) is 5.92 Å². The highest BCUT2D eigenvalue weighted by molar-refractivity contribution is 6.30. The van der Waals surface area contributed by atoms with Crippen LogP contribution in [0.3, 0.4) is 0 Å². The molecule has 0 bridgehead atoms. The molecule has 0 saturated carbocycles. The van der Waals surface area contributed by atoms with Gasteiger partial charge in [0.15, 0.2) is 0 Å². The lowest BCUT2D eigenvalue weighted by atomic mass is 9.87. The van der Waals surface area contributed by atoms with E-state index in [2.05, 4.69) is 40.3 Å². The highest BCUT2D eigenvalue weighted by Crippen LogP contribution is 2.26. The van der Waals surface area contributed by atoms with E-state index in [9.17, 15) is 4.79 Å². The van der Waals surface area contributed by atoms with Crippen LogP contribution in [0.15, 0.2) is 48.8 Å². The zero-order valence-corrected chi connectivity index (χ0v) is 18.8. The molecular weight excluding hydrogens is 396 g/mol. The fourth-order valence-corrected chi connectivity index (χ4v) is 4.61. The Balaban J connectivity index is 1.46. The maximum Gasteiger partial charge on any atom is 0.220 e. The molecule has 1 aromatic carbocycles. The Labute approximate surface area is 185 Å². The highest BCUT2D eigenvalue weighted by atomic mass is 35.5. The van der Waals surface area contributed by atoms with Crippen LogP contribution < -0.4 is 5.32 Å². The zero-order chi connectivity index (χ0) is 21.3. The van der Waals surface area contributed by atoms with Crippen LogP contribution in [0.1, 0.15) is 30.4 Å². The molecule has 1 fully saturated rings. The summed E-state index contributed by atoms with van der Waals surface area (Å²) in [5, 5.41) is 3.81. The molecule has 0 unspecified atom stereocenters. The van der Waals surface area contributed by atoms with E-state index in [0.29, 0.717) is 24.9 Å². The average Bonchev–Trinajstić information content (AvgIpc) is 2.73. The molecule has 1 aromatic heterocycles. The molecule has 5 nitrogen and oxygen atoms in total. The summed E-state index contributed by atoms with van der Waals surface area (Å²) >= 11 is 6.03. The number of benzene rings is 1. The number of nitrogens with one attached hydrogen (secondary N) is 1. The Kier molecular flexibility index (Phi) is 8.67. The number of rotatable bonds is 9. The lowest BCUT2D eigenvalue weighted by Gasteiger charge is -2.41. The molecule has 162 valence electrons. The van der Waals surface area contributed by atoms with Crippen molar-refractivity contribution in [2.24, 2.45) is 5.92 Å². The number of halogens is 1. The summed E-state index contributed by atoms with van der Waals surface area (Å²) in [6.07, 6.45) is 7.18. The molecule has 0 aliphatic carbocycles. The van der Waals surface area contributed by atoms with Gasteiger partial charge in [-0.05, 0) is 75.1 Å². The number of carbonyl (C=O) groups excluding carboxylic acids is 1. The summed E-state index contributed by atoms with van der Waals surface area (Å²) in [5.41, 5.74) is 2.40. The minimum atomic E-state index is 0.138. The first kappa shape index (κ1) is 22.7. The van der Waals surface area contributed by atoms with Gasteiger partial charge in [0.2, 0.25) is 5.91 Å². The summed E-state index contributed by atoms with van der Waals surface area (Å²) < 4.78 is 0. The van der Waals surface area contributed by atoms with Crippen molar-refractivity contribution >= 4 is 17.5 Å². The molecule has 1 N–H and O–H groups in total. The van der Waals surface area contributed by atoms with E-state index in [1.54, 1.807) is 0 Å². The molecule has 1 amide bonds. The van der Waals surface area contributed by atoms with Gasteiger partial charge in [-0.2, -0.15) is 0 Å². The SMILES string of the molecule is CN(C)[C@@H]1CCN(Cc2cccnc2)C[C@@H]1CCC(=O)NCCc1cccc(Cl)c1. The second kappa shape index (κ2) is 11.4. The number of nitrogens with zero attached hydrogens (tertiary/aromatic N) is 3. The highest BCUT2D eigenvalue weighted by Gasteiger charge is 2.30. The number of hydrogen-bond acceptors (Lipinski definition) is 4. The van der Waals surface area contributed by atoms with E-state index in [4.69, 9.17) is 11.6 Å². The molecule has 0 radical (unpaired) electrons. The first-order valence-corrected chi connectivity index (χ1v) is 11.2. The van der Waals surface area contributed by atoms with Crippen LogP contribution in [0.4, 0.5) is 0 Å². The quantitative estimate of drug-likeness (QED) is 0.662. The summed E-state index contributed by atoms with van der Waals surface area (Å²) in [6.45, 7) is 3.68. The number of pyridine rings is 1. The van der Waals surface area contributed by atoms with Crippen molar-refractivity contribution in [1.82, 2.24) is 20.1 Å². The maximum atomic E-state index is 12.4. The fraction of sp³-hybridized carbons (Fsp3) is 0.500. The Morgan fingerprint density at radius 2 is 2.10 bits per heavy atom. The van der Waals surface area contributed by atoms with Crippen LogP contribution in [-0.4, -0.2) is 60.5 Å². The van der Waals surface area contributed by atoms with Crippen molar-refractivity contribution in [2.75, 3.05) is 33.7 Å². The minimum Gasteiger partial charge on any atom is -0.356 e. The number of piperidine rings is 1. The van der Waals surface area contributed by atoms with Gasteiger partial charge in [-0.25, -0.2) is 0 Å². The lowest BCUT2D eigenvalue weighted by Crippen LogP contribution is -2.48. The molecule has 30 heavy (non-hydrogen) atoms. The van der Waals surface area contributed by atoms with Crippen LogP contribution in [0.25, 0.3) is 0 Å². The normalized spacial score (nSPS) is 19.7. The Hall–Kier alpha value is -1.95. The molecular formula is C24H33ClN4O. The van der Waals surface area contributed by atoms with Gasteiger partial charge in [0.1, 0.15) is 0 Å². The van der Waals surface area contributed by atoms with Crippen molar-refractivity contribution in [1.29, 1.82) is 0 Å². The van der Waals surface area contributed by atoms with Crippen molar-refractivity contribution in [3.63, 3.8) is 0 Å². The summed E-state index contributed by atoms with van der Waals surface area (Å²) in [4.78, 5) is 21.5. The van der Waals surface area contributed by atoms with E-state index in [1.807, 2.05) is 42.7 Å². The molecule has 2 aromatic rings. The maximum absolute atomic E-state index is 12.4. The predicted molar refractivity (Wildman–Crippen MR) is 122 cm³/mol. The third-order valence-corrected chi connectivity index (χ3v) is 6.17. The third-order valence-electron chi connectivity index (χ3n) is 5.94. The molecule has 2 atom stereocenters. The van der Waals surface area contributed by atoms with Gasteiger partial charge in [-0.3, -0.25) is 14.7 Å². The number of likely N-dealkylation sites (tertiary alicyclic amines) is 1. The topological polar surface area (TPSA) is 48.5 Å². The van der Waals surface area contributed by atoms with E-state index < -0.39 is 0 Å². The molecule has 1 aliphatic heterocycles. The summed E-state index contributed by atoms with van der Waals surface area (Å²) in [6, 6.07) is 12.5. The summed E-state index contributed by atoms with van der Waals surface area (Å²) in [7, 11) is 4.30. The standard InChI is InChI=1S/C24H33ClN4O/c1-28(2)23-11-14-29(17-20-6-4-12-26-16-20)18-21(23)8-9-24(30)27-13-10-19-5-3-7-22(25)15-19/h3-7,12,15-16,21,23H,8-11,13-14,17-18H2,1-2H3,(H,27,30)/t21-,23+/m0/s1. The van der Waals surface area contributed by atoms with Gasteiger partial charge >= 0.3 is 0 Å². The Morgan fingerprint density at radius 1 is 1.27 bits per heavy atom. The first-order valence-electron chi connectivity index (χ1n) is 10.8. The second-order valence-electron chi connectivity index (χ2n) is 8.44. The Morgan fingerprint density at radius 3 is 2.83 bits per heavy atom.